The second kappa shape index (κ2) is 9.65. The minimum Gasteiger partial charge on any atom is -0.394 e. The van der Waals surface area contributed by atoms with Crippen molar-refractivity contribution in [2.45, 2.75) is 69.1 Å². The third-order valence-electron chi connectivity index (χ3n) is 3.63. The van der Waals surface area contributed by atoms with Gasteiger partial charge < -0.3 is 44.8 Å². The molecule has 9 unspecified atom stereocenters. The van der Waals surface area contributed by atoms with Crippen LogP contribution in [0.15, 0.2) is 5.18 Å². The van der Waals surface area contributed by atoms with E-state index in [1.807, 2.05) is 0 Å². The van der Waals surface area contributed by atoms with Crippen LogP contribution in [0.1, 0.15) is 13.8 Å². The summed E-state index contributed by atoms with van der Waals surface area (Å²) in [6.45, 7) is 1.67. The second-order valence-electron chi connectivity index (χ2n) is 5.66. The molecule has 0 spiro atoms. The Bertz CT molecular complexity index is 382. The summed E-state index contributed by atoms with van der Waals surface area (Å²) in [5, 5.41) is 60.2. The molecule has 0 aliphatic carbocycles. The Morgan fingerprint density at radius 3 is 2.25 bits per heavy atom. The lowest BCUT2D eigenvalue weighted by atomic mass is 9.98. The van der Waals surface area contributed by atoms with E-state index >= 15 is 0 Å². The van der Waals surface area contributed by atoms with Crippen molar-refractivity contribution in [3.8, 4) is 0 Å². The second-order valence-corrected chi connectivity index (χ2v) is 5.66. The molecule has 1 rings (SSSR count). The van der Waals surface area contributed by atoms with E-state index in [1.54, 1.807) is 0 Å². The monoisotopic (exact) mass is 355 g/mol. The summed E-state index contributed by atoms with van der Waals surface area (Å²) >= 11 is 0. The first-order valence-corrected chi connectivity index (χ1v) is 7.49. The molecule has 1 fully saturated rings. The van der Waals surface area contributed by atoms with Crippen molar-refractivity contribution >= 4 is 0 Å². The summed E-state index contributed by atoms with van der Waals surface area (Å²) in [5.74, 6) is 0. The molecule has 11 nitrogen and oxygen atoms in total. The third kappa shape index (κ3) is 5.12. The average molecular weight is 355 g/mol. The van der Waals surface area contributed by atoms with Gasteiger partial charge >= 0.3 is 0 Å². The van der Waals surface area contributed by atoms with E-state index in [0.717, 1.165) is 0 Å². The van der Waals surface area contributed by atoms with Crippen LogP contribution in [-0.4, -0.2) is 99.1 Å². The van der Waals surface area contributed by atoms with Gasteiger partial charge in [0.05, 0.1) is 25.4 Å². The van der Waals surface area contributed by atoms with Gasteiger partial charge in [0.25, 0.3) is 0 Å². The van der Waals surface area contributed by atoms with Crippen LogP contribution in [0.4, 0.5) is 0 Å². The van der Waals surface area contributed by atoms with Gasteiger partial charge in [0.2, 0.25) is 6.23 Å². The number of nitrogens with zero attached hydrogens (tertiary/aromatic N) is 1. The van der Waals surface area contributed by atoms with Gasteiger partial charge in [-0.3, -0.25) is 0 Å². The van der Waals surface area contributed by atoms with Crippen molar-refractivity contribution in [2.24, 2.45) is 5.18 Å². The topological polar surface area (TPSA) is 178 Å². The zero-order valence-corrected chi connectivity index (χ0v) is 13.4. The lowest BCUT2D eigenvalue weighted by Crippen LogP contribution is -2.60. The predicted molar refractivity (Wildman–Crippen MR) is 77.5 cm³/mol. The van der Waals surface area contributed by atoms with Crippen molar-refractivity contribution in [3.63, 3.8) is 0 Å². The Balaban J connectivity index is 2.94. The molecular weight excluding hydrogens is 330 g/mol. The molecule has 0 aromatic carbocycles. The summed E-state index contributed by atoms with van der Waals surface area (Å²) in [5.41, 5.74) is 0. The number of hydrogen-bond donors (Lipinski definition) is 6. The highest BCUT2D eigenvalue weighted by molar-refractivity contribution is 4.92. The lowest BCUT2D eigenvalue weighted by molar-refractivity contribution is -0.309. The average Bonchev–Trinajstić information content (AvgIpc) is 2.57. The van der Waals surface area contributed by atoms with Gasteiger partial charge in [0, 0.05) is 0 Å². The lowest BCUT2D eigenvalue weighted by Gasteiger charge is -2.41. The molecule has 0 radical (unpaired) electrons. The van der Waals surface area contributed by atoms with E-state index in [1.165, 1.54) is 13.8 Å². The normalized spacial score (nSPS) is 35.9. The van der Waals surface area contributed by atoms with Crippen LogP contribution in [0.3, 0.4) is 0 Å². The van der Waals surface area contributed by atoms with Crippen LogP contribution in [0.2, 0.25) is 0 Å². The van der Waals surface area contributed by atoms with Gasteiger partial charge in [0.1, 0.15) is 30.5 Å². The van der Waals surface area contributed by atoms with E-state index in [2.05, 4.69) is 5.18 Å². The van der Waals surface area contributed by atoms with Gasteiger partial charge in [0.15, 0.2) is 6.29 Å². The van der Waals surface area contributed by atoms with E-state index in [0.29, 0.717) is 0 Å². The van der Waals surface area contributed by atoms with Crippen LogP contribution in [0, 0.1) is 4.91 Å². The fourth-order valence-corrected chi connectivity index (χ4v) is 2.17. The van der Waals surface area contributed by atoms with E-state index < -0.39 is 68.5 Å². The van der Waals surface area contributed by atoms with E-state index in [-0.39, 0.29) is 0 Å². The first-order chi connectivity index (χ1) is 11.3. The summed E-state index contributed by atoms with van der Waals surface area (Å²) in [7, 11) is 0. The standard InChI is InChI=1S/C13H25NO10/c1-5(3-15)22-13(8(18)6(2)17)24-11-7(4-16)23-12(14-21)10(20)9(11)19/h5-13,15-20H,3-4H2,1-2H3. The summed E-state index contributed by atoms with van der Waals surface area (Å²) in [4.78, 5) is 10.6. The molecule has 142 valence electrons. The minimum atomic E-state index is -1.71. The van der Waals surface area contributed by atoms with Crippen molar-refractivity contribution in [3.05, 3.63) is 4.91 Å². The van der Waals surface area contributed by atoms with Crippen LogP contribution < -0.4 is 0 Å². The molecule has 0 saturated carbocycles. The Morgan fingerprint density at radius 2 is 1.79 bits per heavy atom. The molecule has 1 saturated heterocycles. The molecule has 24 heavy (non-hydrogen) atoms. The maximum Gasteiger partial charge on any atom is 0.218 e. The fourth-order valence-electron chi connectivity index (χ4n) is 2.17. The van der Waals surface area contributed by atoms with Crippen molar-refractivity contribution < 1.29 is 44.8 Å². The number of aliphatic hydroxyl groups is 6. The van der Waals surface area contributed by atoms with Gasteiger partial charge in [-0.15, -0.1) is 4.91 Å². The number of hydrogen-bond acceptors (Lipinski definition) is 11. The highest BCUT2D eigenvalue weighted by Gasteiger charge is 2.47. The molecule has 6 N–H and O–H groups in total. The van der Waals surface area contributed by atoms with Crippen LogP contribution in [0.25, 0.3) is 0 Å². The van der Waals surface area contributed by atoms with Gasteiger partial charge in [-0.25, -0.2) is 0 Å². The number of aliphatic hydroxyl groups excluding tert-OH is 6. The quantitative estimate of drug-likeness (QED) is 0.185. The molecule has 11 heteroatoms. The minimum absolute atomic E-state index is 0.403. The summed E-state index contributed by atoms with van der Waals surface area (Å²) in [6.07, 6.45) is -12.7. The maximum atomic E-state index is 10.6. The molecule has 0 aromatic heterocycles. The smallest absolute Gasteiger partial charge is 0.218 e. The largest absolute Gasteiger partial charge is 0.394 e. The van der Waals surface area contributed by atoms with Crippen LogP contribution in [-0.2, 0) is 14.2 Å². The molecule has 1 aliphatic rings. The maximum absolute atomic E-state index is 10.6. The predicted octanol–water partition coefficient (Wildman–Crippen LogP) is -2.96. The molecule has 1 aliphatic heterocycles. The number of ether oxygens (including phenoxy) is 3. The van der Waals surface area contributed by atoms with Crippen LogP contribution in [0.5, 0.6) is 0 Å². The summed E-state index contributed by atoms with van der Waals surface area (Å²) in [6, 6.07) is 0. The Morgan fingerprint density at radius 1 is 1.17 bits per heavy atom. The molecule has 0 aromatic rings. The molecule has 9 atom stereocenters. The fraction of sp³-hybridized carbons (Fsp3) is 1.00. The first kappa shape index (κ1) is 21.3. The van der Waals surface area contributed by atoms with Gasteiger partial charge in [-0.1, -0.05) is 0 Å². The zero-order chi connectivity index (χ0) is 18.4. The Labute approximate surface area is 138 Å². The first-order valence-electron chi connectivity index (χ1n) is 7.49. The third-order valence-corrected chi connectivity index (χ3v) is 3.63. The van der Waals surface area contributed by atoms with E-state index in [4.69, 9.17) is 19.3 Å². The number of rotatable bonds is 9. The molecule has 0 bridgehead atoms. The summed E-state index contributed by atoms with van der Waals surface area (Å²) < 4.78 is 15.7. The van der Waals surface area contributed by atoms with Crippen LogP contribution >= 0.6 is 0 Å². The SMILES string of the molecule is CC(CO)OC(OC1C(CO)OC(N=O)C(O)C1O)C(O)C(C)O. The van der Waals surface area contributed by atoms with Crippen molar-refractivity contribution in [2.75, 3.05) is 13.2 Å². The Hall–Kier alpha value is -0.760. The van der Waals surface area contributed by atoms with Gasteiger partial charge in [-0.2, -0.15) is 0 Å². The highest BCUT2D eigenvalue weighted by atomic mass is 16.7. The van der Waals surface area contributed by atoms with E-state index in [9.17, 15) is 30.4 Å². The Kier molecular flexibility index (Phi) is 8.56. The molecule has 0 amide bonds. The molecular formula is C13H25NO10. The van der Waals surface area contributed by atoms with Crippen molar-refractivity contribution in [1.82, 2.24) is 0 Å². The van der Waals surface area contributed by atoms with Gasteiger partial charge in [-0.05, 0) is 19.0 Å². The molecule has 1 heterocycles. The highest BCUT2D eigenvalue weighted by Crippen LogP contribution is 2.26. The number of nitroso groups, excluding NO2 is 1. The zero-order valence-electron chi connectivity index (χ0n) is 13.4. The van der Waals surface area contributed by atoms with Crippen molar-refractivity contribution in [1.29, 1.82) is 0 Å².